The summed E-state index contributed by atoms with van der Waals surface area (Å²) >= 11 is 0. The van der Waals surface area contributed by atoms with Gasteiger partial charge in [-0.2, -0.15) is 13.2 Å². The van der Waals surface area contributed by atoms with Crippen LogP contribution < -0.4 is 5.56 Å². The van der Waals surface area contributed by atoms with E-state index in [1.54, 1.807) is 14.0 Å². The molecule has 1 saturated heterocycles. The summed E-state index contributed by atoms with van der Waals surface area (Å²) in [5, 5.41) is 2.63. The fourth-order valence-corrected chi connectivity index (χ4v) is 3.15. The lowest BCUT2D eigenvalue weighted by molar-refractivity contribution is -0.184. The molecule has 0 spiro atoms. The number of carbonyl (C=O) groups is 1. The molecule has 0 aliphatic carbocycles. The van der Waals surface area contributed by atoms with Crippen molar-refractivity contribution < 1.29 is 18.0 Å². The number of carbonyl (C=O) groups excluding carboxylic acids is 1. The van der Waals surface area contributed by atoms with E-state index in [0.717, 1.165) is 0 Å². The zero-order valence-electron chi connectivity index (χ0n) is 13.3. The minimum atomic E-state index is -4.33. The first-order chi connectivity index (χ1) is 11.2. The Morgan fingerprint density at radius 2 is 2.12 bits per heavy atom. The highest BCUT2D eigenvalue weighted by molar-refractivity contribution is 6.05. The zero-order valence-corrected chi connectivity index (χ0v) is 13.3. The molecule has 1 amide bonds. The lowest BCUT2D eigenvalue weighted by Gasteiger charge is -2.33. The van der Waals surface area contributed by atoms with Crippen molar-refractivity contribution in [2.24, 2.45) is 13.0 Å². The first-order valence-corrected chi connectivity index (χ1v) is 7.61. The molecule has 0 radical (unpaired) electrons. The molecule has 1 unspecified atom stereocenters. The molecule has 3 rings (SSSR count). The number of likely N-dealkylation sites (tertiary alicyclic amines) is 1. The molecule has 24 heavy (non-hydrogen) atoms. The molecule has 1 N–H and O–H groups in total. The largest absolute Gasteiger partial charge is 0.393 e. The van der Waals surface area contributed by atoms with E-state index in [0.29, 0.717) is 11.3 Å². The molecule has 1 fully saturated rings. The molecule has 0 saturated carbocycles. The number of nitrogens with zero attached hydrogens (tertiary/aromatic N) is 3. The predicted molar refractivity (Wildman–Crippen MR) is 80.8 cm³/mol. The van der Waals surface area contributed by atoms with Gasteiger partial charge in [-0.15, -0.1) is 0 Å². The normalized spacial score (nSPS) is 19.0. The lowest BCUT2D eigenvalue weighted by atomic mass is 9.96. The lowest BCUT2D eigenvalue weighted by Crippen LogP contribution is -2.44. The van der Waals surface area contributed by atoms with Crippen LogP contribution in [0.25, 0.3) is 11.0 Å². The highest BCUT2D eigenvalue weighted by atomic mass is 19.4. The van der Waals surface area contributed by atoms with Crippen molar-refractivity contribution in [1.29, 1.82) is 0 Å². The van der Waals surface area contributed by atoms with E-state index in [4.69, 9.17) is 0 Å². The fraction of sp³-hybridized carbons (Fsp3) is 0.533. The van der Waals surface area contributed by atoms with E-state index < -0.39 is 23.6 Å². The molecular weight excluding hydrogens is 325 g/mol. The summed E-state index contributed by atoms with van der Waals surface area (Å²) in [6.45, 7) is 1.54. The van der Waals surface area contributed by atoms with Crippen molar-refractivity contribution in [2.45, 2.75) is 25.9 Å². The van der Waals surface area contributed by atoms with Crippen LogP contribution in [0, 0.1) is 12.8 Å². The van der Waals surface area contributed by atoms with E-state index >= 15 is 0 Å². The van der Waals surface area contributed by atoms with Gasteiger partial charge in [0.1, 0.15) is 0 Å². The number of amides is 1. The first kappa shape index (κ1) is 16.5. The van der Waals surface area contributed by atoms with Crippen LogP contribution in [0.1, 0.15) is 28.9 Å². The smallest absolute Gasteiger partial charge is 0.338 e. The molecule has 1 aliphatic heterocycles. The fourth-order valence-electron chi connectivity index (χ4n) is 3.15. The van der Waals surface area contributed by atoms with Crippen LogP contribution in [-0.4, -0.2) is 44.8 Å². The predicted octanol–water partition coefficient (Wildman–Crippen LogP) is 1.98. The number of hydrogen-bond acceptors (Lipinski definition) is 3. The Labute approximate surface area is 135 Å². The average molecular weight is 342 g/mol. The monoisotopic (exact) mass is 342 g/mol. The van der Waals surface area contributed by atoms with Crippen molar-refractivity contribution in [3.05, 3.63) is 27.7 Å². The quantitative estimate of drug-likeness (QED) is 0.861. The van der Waals surface area contributed by atoms with Gasteiger partial charge in [0.05, 0.1) is 16.9 Å². The Hall–Kier alpha value is -2.32. The van der Waals surface area contributed by atoms with Gasteiger partial charge in [-0.25, -0.2) is 4.98 Å². The van der Waals surface area contributed by atoms with Crippen LogP contribution in [0.2, 0.25) is 0 Å². The summed E-state index contributed by atoms with van der Waals surface area (Å²) in [4.78, 5) is 30.2. The second-order valence-corrected chi connectivity index (χ2v) is 6.14. The molecule has 6 nitrogen and oxygen atoms in total. The number of H-pyrrole nitrogens is 1. The molecule has 0 bridgehead atoms. The number of aromatic nitrogens is 3. The van der Waals surface area contributed by atoms with Crippen LogP contribution in [-0.2, 0) is 7.05 Å². The molecular formula is C15H17F3N4O2. The van der Waals surface area contributed by atoms with E-state index in [1.807, 2.05) is 0 Å². The van der Waals surface area contributed by atoms with Gasteiger partial charge in [-0.05, 0) is 25.8 Å². The molecule has 9 heteroatoms. The van der Waals surface area contributed by atoms with E-state index in [-0.39, 0.29) is 36.9 Å². The summed E-state index contributed by atoms with van der Waals surface area (Å²) in [7, 11) is 1.59. The Kier molecular flexibility index (Phi) is 3.89. The summed E-state index contributed by atoms with van der Waals surface area (Å²) in [6, 6.07) is 1.46. The van der Waals surface area contributed by atoms with Crippen molar-refractivity contribution in [2.75, 3.05) is 13.1 Å². The van der Waals surface area contributed by atoms with Gasteiger partial charge in [-0.1, -0.05) is 0 Å². The second kappa shape index (κ2) is 5.64. The first-order valence-electron chi connectivity index (χ1n) is 7.61. The maximum atomic E-state index is 13.0. The molecule has 1 aliphatic rings. The van der Waals surface area contributed by atoms with Gasteiger partial charge in [-0.3, -0.25) is 19.4 Å². The van der Waals surface area contributed by atoms with Gasteiger partial charge in [0.15, 0.2) is 5.65 Å². The Bertz CT molecular complexity index is 853. The highest BCUT2D eigenvalue weighted by Crippen LogP contribution is 2.33. The van der Waals surface area contributed by atoms with Crippen molar-refractivity contribution in [1.82, 2.24) is 19.7 Å². The third-order valence-electron chi connectivity index (χ3n) is 4.34. The number of aryl methyl sites for hydroxylation is 2. The topological polar surface area (TPSA) is 71.0 Å². The second-order valence-electron chi connectivity index (χ2n) is 6.14. The number of rotatable bonds is 1. The summed E-state index contributed by atoms with van der Waals surface area (Å²) in [6.07, 6.45) is -4.02. The number of aromatic amines is 1. The number of alkyl halides is 3. The minimum absolute atomic E-state index is 0.0178. The molecule has 130 valence electrons. The third-order valence-corrected chi connectivity index (χ3v) is 4.34. The van der Waals surface area contributed by atoms with Crippen LogP contribution in [0.5, 0.6) is 0 Å². The van der Waals surface area contributed by atoms with E-state index in [1.165, 1.54) is 15.6 Å². The number of fused-ring (bicyclic) bond motifs is 1. The van der Waals surface area contributed by atoms with Crippen LogP contribution in [0.4, 0.5) is 13.2 Å². The number of pyridine rings is 1. The number of piperidine rings is 1. The molecule has 1 atom stereocenters. The Morgan fingerprint density at radius 3 is 2.79 bits per heavy atom. The summed E-state index contributed by atoms with van der Waals surface area (Å²) in [5.41, 5.74) is 0.451. The molecule has 3 heterocycles. The summed E-state index contributed by atoms with van der Waals surface area (Å²) in [5.74, 6) is -2.08. The minimum Gasteiger partial charge on any atom is -0.338 e. The molecule has 2 aromatic heterocycles. The van der Waals surface area contributed by atoms with E-state index in [2.05, 4.69) is 10.1 Å². The third kappa shape index (κ3) is 2.78. The van der Waals surface area contributed by atoms with Crippen molar-refractivity contribution in [3.8, 4) is 0 Å². The Balaban J connectivity index is 2.01. The summed E-state index contributed by atoms with van der Waals surface area (Å²) < 4.78 is 40.3. The van der Waals surface area contributed by atoms with Gasteiger partial charge >= 0.3 is 6.18 Å². The molecule has 0 aromatic carbocycles. The zero-order chi connectivity index (χ0) is 17.6. The van der Waals surface area contributed by atoms with Crippen molar-refractivity contribution in [3.63, 3.8) is 0 Å². The van der Waals surface area contributed by atoms with Gasteiger partial charge < -0.3 is 4.90 Å². The number of halogens is 3. The van der Waals surface area contributed by atoms with Gasteiger partial charge in [0, 0.05) is 25.8 Å². The van der Waals surface area contributed by atoms with Crippen LogP contribution >= 0.6 is 0 Å². The SMILES string of the molecule is Cc1cc(C(=O)N2CCCC(C(F)(F)F)C2)c2c(=O)[nH]n(C)c2n1. The van der Waals surface area contributed by atoms with Gasteiger partial charge in [0.25, 0.3) is 11.5 Å². The van der Waals surface area contributed by atoms with Crippen molar-refractivity contribution >= 4 is 16.9 Å². The van der Waals surface area contributed by atoms with Crippen LogP contribution in [0.3, 0.4) is 0 Å². The number of hydrogen-bond donors (Lipinski definition) is 1. The standard InChI is InChI=1S/C15H17F3N4O2/c1-8-6-10(11-12(19-8)21(2)20-13(11)23)14(24)22-5-3-4-9(7-22)15(16,17)18/h6,9H,3-5,7H2,1-2H3,(H,20,23). The van der Waals surface area contributed by atoms with Gasteiger partial charge in [0.2, 0.25) is 0 Å². The highest BCUT2D eigenvalue weighted by Gasteiger charge is 2.43. The van der Waals surface area contributed by atoms with E-state index in [9.17, 15) is 22.8 Å². The van der Waals surface area contributed by atoms with Crippen LogP contribution in [0.15, 0.2) is 10.9 Å². The maximum absolute atomic E-state index is 13.0. The maximum Gasteiger partial charge on any atom is 0.393 e. The Morgan fingerprint density at radius 1 is 1.42 bits per heavy atom. The number of nitrogens with one attached hydrogen (secondary N) is 1. The molecule has 2 aromatic rings. The average Bonchev–Trinajstić information content (AvgIpc) is 2.79.